The van der Waals surface area contributed by atoms with Gasteiger partial charge in [-0.25, -0.2) is 0 Å². The van der Waals surface area contributed by atoms with Crippen LogP contribution in [0.4, 0.5) is 0 Å². The summed E-state index contributed by atoms with van der Waals surface area (Å²) in [4.78, 5) is 12.5. The van der Waals surface area contributed by atoms with Crippen LogP contribution in [0.25, 0.3) is 0 Å². The van der Waals surface area contributed by atoms with Gasteiger partial charge >= 0.3 is 0 Å². The Morgan fingerprint density at radius 2 is 0.593 bits per heavy atom. The molecule has 5 heteroatoms. The van der Waals surface area contributed by atoms with Crippen LogP contribution in [0.15, 0.2) is 0 Å². The summed E-state index contributed by atoms with van der Waals surface area (Å²) in [5.74, 6) is -0.466. The molecule has 0 aliphatic rings. The first kappa shape index (κ1) is 53.4. The van der Waals surface area contributed by atoms with Crippen molar-refractivity contribution in [3.8, 4) is 0 Å². The molecule has 3 unspecified atom stereocenters. The molecular formula is C49H99NO4. The third-order valence-corrected chi connectivity index (χ3v) is 12.0. The number of amides is 1. The van der Waals surface area contributed by atoms with Crippen molar-refractivity contribution < 1.29 is 20.1 Å². The Hall–Kier alpha value is -0.650. The predicted molar refractivity (Wildman–Crippen MR) is 236 cm³/mol. The van der Waals surface area contributed by atoms with Crippen LogP contribution in [0.3, 0.4) is 0 Å². The average molecular weight is 766 g/mol. The predicted octanol–water partition coefficient (Wildman–Crippen LogP) is 14.6. The molecule has 0 spiro atoms. The second kappa shape index (κ2) is 45.1. The van der Waals surface area contributed by atoms with Gasteiger partial charge in [-0.3, -0.25) is 4.79 Å². The molecule has 0 aromatic rings. The number of rotatable bonds is 46. The zero-order valence-corrected chi connectivity index (χ0v) is 36.9. The molecule has 324 valence electrons. The molecule has 1 amide bonds. The Bertz CT molecular complexity index is 718. The fourth-order valence-corrected chi connectivity index (χ4v) is 8.08. The molecule has 0 aliphatic heterocycles. The maximum atomic E-state index is 12.5. The smallest absolute Gasteiger partial charge is 0.249 e. The first-order valence-electron chi connectivity index (χ1n) is 24.8. The lowest BCUT2D eigenvalue weighted by Crippen LogP contribution is -2.49. The van der Waals surface area contributed by atoms with E-state index in [-0.39, 0.29) is 6.61 Å². The number of aliphatic hydroxyl groups is 3. The molecule has 0 fully saturated rings. The van der Waals surface area contributed by atoms with E-state index in [1.165, 1.54) is 225 Å². The maximum absolute atomic E-state index is 12.5. The second-order valence-electron chi connectivity index (χ2n) is 17.4. The van der Waals surface area contributed by atoms with Crippen molar-refractivity contribution in [2.24, 2.45) is 0 Å². The van der Waals surface area contributed by atoms with E-state index in [1.54, 1.807) is 0 Å². The first-order chi connectivity index (χ1) is 26.6. The molecule has 0 aromatic heterocycles. The summed E-state index contributed by atoms with van der Waals surface area (Å²) < 4.78 is 0. The number of carbonyl (C=O) groups excluding carboxylic acids is 1. The zero-order chi connectivity index (χ0) is 39.4. The number of carbonyl (C=O) groups is 1. The van der Waals surface area contributed by atoms with Crippen molar-refractivity contribution in [3.05, 3.63) is 0 Å². The summed E-state index contributed by atoms with van der Waals surface area (Å²) >= 11 is 0. The Kier molecular flexibility index (Phi) is 44.5. The van der Waals surface area contributed by atoms with E-state index in [9.17, 15) is 20.1 Å². The quantitative estimate of drug-likeness (QED) is 0.0465. The normalized spacial score (nSPS) is 13.4. The third-order valence-electron chi connectivity index (χ3n) is 12.0. The lowest BCUT2D eigenvalue weighted by Gasteiger charge is -2.23. The molecule has 0 radical (unpaired) electrons. The van der Waals surface area contributed by atoms with Gasteiger partial charge in [-0.2, -0.15) is 0 Å². The fraction of sp³-hybridized carbons (Fsp3) is 0.980. The summed E-state index contributed by atoms with van der Waals surface area (Å²) in [5, 5.41) is 33.3. The molecule has 0 saturated carbocycles. The van der Waals surface area contributed by atoms with Crippen LogP contribution in [-0.2, 0) is 4.79 Å². The lowest BCUT2D eigenvalue weighted by atomic mass is 10.0. The monoisotopic (exact) mass is 766 g/mol. The van der Waals surface area contributed by atoms with Gasteiger partial charge in [0, 0.05) is 0 Å². The standard InChI is InChI=1S/C49H99NO4/c1-3-5-7-9-11-13-15-16-17-18-19-20-21-22-23-24-25-26-27-28-29-30-31-32-34-36-38-40-42-44-48(53)49(54)50-46(45-51)47(52)43-41-39-37-35-33-14-12-10-8-6-4-2/h46-48,51-53H,3-45H2,1-2H3,(H,50,54). The highest BCUT2D eigenvalue weighted by molar-refractivity contribution is 5.80. The minimum absolute atomic E-state index is 0.308. The minimum atomic E-state index is -1.07. The lowest BCUT2D eigenvalue weighted by molar-refractivity contribution is -0.131. The Morgan fingerprint density at radius 1 is 0.370 bits per heavy atom. The van der Waals surface area contributed by atoms with E-state index < -0.39 is 24.2 Å². The summed E-state index contributed by atoms with van der Waals surface area (Å²) in [6, 6.07) is -0.705. The van der Waals surface area contributed by atoms with E-state index in [0.717, 1.165) is 32.1 Å². The maximum Gasteiger partial charge on any atom is 0.249 e. The molecular weight excluding hydrogens is 667 g/mol. The highest BCUT2D eigenvalue weighted by Crippen LogP contribution is 2.18. The van der Waals surface area contributed by atoms with Crippen molar-refractivity contribution >= 4 is 5.91 Å². The number of aliphatic hydroxyl groups excluding tert-OH is 3. The van der Waals surface area contributed by atoms with Gasteiger partial charge in [-0.1, -0.05) is 271 Å². The van der Waals surface area contributed by atoms with Crippen molar-refractivity contribution in [3.63, 3.8) is 0 Å². The Balaban J connectivity index is 3.45. The van der Waals surface area contributed by atoms with Gasteiger partial charge in [-0.15, -0.1) is 0 Å². The topological polar surface area (TPSA) is 89.8 Å². The van der Waals surface area contributed by atoms with Gasteiger partial charge in [0.15, 0.2) is 0 Å². The van der Waals surface area contributed by atoms with Crippen LogP contribution in [0.5, 0.6) is 0 Å². The summed E-state index contributed by atoms with van der Waals surface area (Å²) in [6.07, 6.45) is 52.8. The molecule has 0 rings (SSSR count). The number of hydrogen-bond acceptors (Lipinski definition) is 4. The Labute approximate surface area is 338 Å². The van der Waals surface area contributed by atoms with Crippen molar-refractivity contribution in [2.75, 3.05) is 6.61 Å². The van der Waals surface area contributed by atoms with Gasteiger partial charge in [0.2, 0.25) is 5.91 Å². The van der Waals surface area contributed by atoms with Gasteiger partial charge < -0.3 is 20.6 Å². The highest BCUT2D eigenvalue weighted by atomic mass is 16.3. The molecule has 54 heavy (non-hydrogen) atoms. The van der Waals surface area contributed by atoms with Crippen LogP contribution in [0, 0.1) is 0 Å². The molecule has 0 heterocycles. The van der Waals surface area contributed by atoms with E-state index in [4.69, 9.17) is 0 Å². The molecule has 0 bridgehead atoms. The van der Waals surface area contributed by atoms with Gasteiger partial charge in [0.05, 0.1) is 18.8 Å². The molecule has 3 atom stereocenters. The van der Waals surface area contributed by atoms with E-state index in [0.29, 0.717) is 12.8 Å². The largest absolute Gasteiger partial charge is 0.394 e. The van der Waals surface area contributed by atoms with Crippen LogP contribution >= 0.6 is 0 Å². The summed E-state index contributed by atoms with van der Waals surface area (Å²) in [5.41, 5.74) is 0. The van der Waals surface area contributed by atoms with E-state index >= 15 is 0 Å². The van der Waals surface area contributed by atoms with Crippen molar-refractivity contribution in [1.29, 1.82) is 0 Å². The first-order valence-corrected chi connectivity index (χ1v) is 24.8. The van der Waals surface area contributed by atoms with Crippen LogP contribution in [0.1, 0.15) is 284 Å². The Morgan fingerprint density at radius 3 is 0.833 bits per heavy atom. The van der Waals surface area contributed by atoms with Gasteiger partial charge in [-0.05, 0) is 12.8 Å². The van der Waals surface area contributed by atoms with Gasteiger partial charge in [0.25, 0.3) is 0 Å². The molecule has 5 nitrogen and oxygen atoms in total. The zero-order valence-electron chi connectivity index (χ0n) is 36.9. The fourth-order valence-electron chi connectivity index (χ4n) is 8.08. The number of unbranched alkanes of at least 4 members (excludes halogenated alkanes) is 38. The molecule has 0 aromatic carbocycles. The van der Waals surface area contributed by atoms with Crippen LogP contribution in [-0.4, -0.2) is 46.1 Å². The van der Waals surface area contributed by atoms with E-state index in [1.807, 2.05) is 0 Å². The summed E-state index contributed by atoms with van der Waals surface area (Å²) in [6.45, 7) is 4.24. The molecule has 0 aliphatic carbocycles. The number of nitrogens with one attached hydrogen (secondary N) is 1. The molecule has 4 N–H and O–H groups in total. The average Bonchev–Trinajstić information content (AvgIpc) is 3.18. The van der Waals surface area contributed by atoms with Gasteiger partial charge in [0.1, 0.15) is 6.10 Å². The van der Waals surface area contributed by atoms with Crippen molar-refractivity contribution in [1.82, 2.24) is 5.32 Å². The van der Waals surface area contributed by atoms with Crippen LogP contribution < -0.4 is 5.32 Å². The number of hydrogen-bond donors (Lipinski definition) is 4. The second-order valence-corrected chi connectivity index (χ2v) is 17.4. The van der Waals surface area contributed by atoms with Crippen LogP contribution in [0.2, 0.25) is 0 Å². The third kappa shape index (κ3) is 39.6. The highest BCUT2D eigenvalue weighted by Gasteiger charge is 2.23. The molecule has 0 saturated heterocycles. The minimum Gasteiger partial charge on any atom is -0.394 e. The van der Waals surface area contributed by atoms with E-state index in [2.05, 4.69) is 19.2 Å². The summed E-state index contributed by atoms with van der Waals surface area (Å²) in [7, 11) is 0. The van der Waals surface area contributed by atoms with Crippen molar-refractivity contribution in [2.45, 2.75) is 302 Å². The SMILES string of the molecule is CCCCCCCCCCCCCCCCCCCCCCCCCCCCCCCC(O)C(=O)NC(CO)C(O)CCCCCCCCCCCCC.